The summed E-state index contributed by atoms with van der Waals surface area (Å²) in [6.07, 6.45) is 3.63. The van der Waals surface area contributed by atoms with E-state index >= 15 is 0 Å². The first-order valence-electron chi connectivity index (χ1n) is 6.86. The standard InChI is InChI=1S/C15H23N3O/c1-5-16-13(9-14-7-6-8-19-14)10-15-11(2)17-18(4)12(15)3/h6-8,13,16H,5,9-10H2,1-4H3. The molecule has 0 aliphatic heterocycles. The van der Waals surface area contributed by atoms with E-state index in [0.29, 0.717) is 6.04 Å². The van der Waals surface area contributed by atoms with E-state index in [9.17, 15) is 0 Å². The molecule has 0 saturated carbocycles. The van der Waals surface area contributed by atoms with Crippen molar-refractivity contribution in [3.63, 3.8) is 0 Å². The molecule has 1 atom stereocenters. The molecule has 104 valence electrons. The number of aryl methyl sites for hydroxylation is 2. The van der Waals surface area contributed by atoms with E-state index in [2.05, 4.69) is 31.2 Å². The average molecular weight is 261 g/mol. The Morgan fingerprint density at radius 2 is 2.16 bits per heavy atom. The molecule has 4 heteroatoms. The highest BCUT2D eigenvalue weighted by molar-refractivity contribution is 5.25. The summed E-state index contributed by atoms with van der Waals surface area (Å²) in [6.45, 7) is 7.31. The van der Waals surface area contributed by atoms with Gasteiger partial charge in [-0.15, -0.1) is 0 Å². The molecule has 0 radical (unpaired) electrons. The van der Waals surface area contributed by atoms with Crippen molar-refractivity contribution >= 4 is 0 Å². The Bertz CT molecular complexity index is 514. The first kappa shape index (κ1) is 13.9. The van der Waals surface area contributed by atoms with Gasteiger partial charge in [0, 0.05) is 25.2 Å². The molecule has 1 unspecified atom stereocenters. The Hall–Kier alpha value is -1.55. The number of nitrogens with zero attached hydrogens (tertiary/aromatic N) is 2. The minimum atomic E-state index is 0.387. The number of hydrogen-bond donors (Lipinski definition) is 1. The van der Waals surface area contributed by atoms with E-state index < -0.39 is 0 Å². The predicted octanol–water partition coefficient (Wildman–Crippen LogP) is 2.39. The Labute approximate surface area is 114 Å². The molecule has 2 rings (SSSR count). The highest BCUT2D eigenvalue weighted by atomic mass is 16.3. The molecular formula is C15H23N3O. The van der Waals surface area contributed by atoms with Crippen LogP contribution in [0, 0.1) is 13.8 Å². The quantitative estimate of drug-likeness (QED) is 0.868. The first-order chi connectivity index (χ1) is 9.11. The first-order valence-corrected chi connectivity index (χ1v) is 6.86. The van der Waals surface area contributed by atoms with Crippen LogP contribution >= 0.6 is 0 Å². The molecule has 4 nitrogen and oxygen atoms in total. The zero-order chi connectivity index (χ0) is 13.8. The van der Waals surface area contributed by atoms with Gasteiger partial charge in [0.15, 0.2) is 0 Å². The van der Waals surface area contributed by atoms with Crippen molar-refractivity contribution in [1.82, 2.24) is 15.1 Å². The van der Waals surface area contributed by atoms with Gasteiger partial charge >= 0.3 is 0 Å². The van der Waals surface area contributed by atoms with Gasteiger partial charge in [-0.3, -0.25) is 4.68 Å². The maximum Gasteiger partial charge on any atom is 0.105 e. The second kappa shape index (κ2) is 6.06. The van der Waals surface area contributed by atoms with Crippen LogP contribution in [0.3, 0.4) is 0 Å². The molecule has 19 heavy (non-hydrogen) atoms. The lowest BCUT2D eigenvalue weighted by molar-refractivity contribution is 0.444. The van der Waals surface area contributed by atoms with Gasteiger partial charge < -0.3 is 9.73 Å². The summed E-state index contributed by atoms with van der Waals surface area (Å²) in [6, 6.07) is 4.37. The molecule has 0 fully saturated rings. The van der Waals surface area contributed by atoms with E-state index in [0.717, 1.165) is 30.8 Å². The van der Waals surface area contributed by atoms with E-state index in [1.165, 1.54) is 11.3 Å². The summed E-state index contributed by atoms with van der Waals surface area (Å²) in [4.78, 5) is 0. The molecule has 0 aliphatic carbocycles. The monoisotopic (exact) mass is 261 g/mol. The molecule has 0 aliphatic rings. The van der Waals surface area contributed by atoms with Crippen molar-refractivity contribution in [2.45, 2.75) is 39.7 Å². The maximum atomic E-state index is 5.45. The third-order valence-electron chi connectivity index (χ3n) is 3.63. The third kappa shape index (κ3) is 3.26. The number of hydrogen-bond acceptors (Lipinski definition) is 3. The fourth-order valence-corrected chi connectivity index (χ4v) is 2.54. The fourth-order valence-electron chi connectivity index (χ4n) is 2.54. The summed E-state index contributed by atoms with van der Waals surface area (Å²) >= 11 is 0. The van der Waals surface area contributed by atoms with Crippen molar-refractivity contribution in [2.24, 2.45) is 7.05 Å². The number of likely N-dealkylation sites (N-methyl/N-ethyl adjacent to an activating group) is 1. The molecule has 0 spiro atoms. The van der Waals surface area contributed by atoms with E-state index in [4.69, 9.17) is 4.42 Å². The number of rotatable bonds is 6. The topological polar surface area (TPSA) is 43.0 Å². The third-order valence-corrected chi connectivity index (χ3v) is 3.63. The highest BCUT2D eigenvalue weighted by Gasteiger charge is 2.16. The molecule has 0 saturated heterocycles. The molecule has 1 N–H and O–H groups in total. The van der Waals surface area contributed by atoms with Crippen LogP contribution in [0.25, 0.3) is 0 Å². The van der Waals surface area contributed by atoms with Gasteiger partial charge in [0.25, 0.3) is 0 Å². The largest absolute Gasteiger partial charge is 0.469 e. The predicted molar refractivity (Wildman–Crippen MR) is 76.3 cm³/mol. The van der Waals surface area contributed by atoms with Gasteiger partial charge in [-0.2, -0.15) is 5.10 Å². The second-order valence-electron chi connectivity index (χ2n) is 5.02. The van der Waals surface area contributed by atoms with Crippen molar-refractivity contribution in [1.29, 1.82) is 0 Å². The lowest BCUT2D eigenvalue weighted by Gasteiger charge is -2.17. The van der Waals surface area contributed by atoms with E-state index in [1.54, 1.807) is 6.26 Å². The minimum Gasteiger partial charge on any atom is -0.469 e. The van der Waals surface area contributed by atoms with Crippen LogP contribution in [0.15, 0.2) is 22.8 Å². The molecule has 2 heterocycles. The van der Waals surface area contributed by atoms with Crippen molar-refractivity contribution in [2.75, 3.05) is 6.54 Å². The molecule has 2 aromatic rings. The van der Waals surface area contributed by atoms with Gasteiger partial charge in [-0.05, 0) is 44.5 Å². The normalized spacial score (nSPS) is 12.8. The lowest BCUT2D eigenvalue weighted by Crippen LogP contribution is -2.33. The summed E-state index contributed by atoms with van der Waals surface area (Å²) < 4.78 is 7.41. The van der Waals surface area contributed by atoms with Gasteiger partial charge in [-0.25, -0.2) is 0 Å². The van der Waals surface area contributed by atoms with Gasteiger partial charge in [0.2, 0.25) is 0 Å². The Balaban J connectivity index is 2.11. The molecule has 2 aromatic heterocycles. The molecule has 0 aromatic carbocycles. The van der Waals surface area contributed by atoms with E-state index in [1.807, 2.05) is 23.9 Å². The van der Waals surface area contributed by atoms with Crippen LogP contribution in [0.2, 0.25) is 0 Å². The summed E-state index contributed by atoms with van der Waals surface area (Å²) in [5.74, 6) is 1.03. The number of aromatic nitrogens is 2. The summed E-state index contributed by atoms with van der Waals surface area (Å²) in [5.41, 5.74) is 3.72. The Morgan fingerprint density at radius 1 is 1.37 bits per heavy atom. The minimum absolute atomic E-state index is 0.387. The fraction of sp³-hybridized carbons (Fsp3) is 0.533. The zero-order valence-corrected chi connectivity index (χ0v) is 12.2. The summed E-state index contributed by atoms with van der Waals surface area (Å²) in [7, 11) is 2.00. The van der Waals surface area contributed by atoms with Crippen molar-refractivity contribution < 1.29 is 4.42 Å². The number of nitrogens with one attached hydrogen (secondary N) is 1. The zero-order valence-electron chi connectivity index (χ0n) is 12.2. The highest BCUT2D eigenvalue weighted by Crippen LogP contribution is 2.16. The lowest BCUT2D eigenvalue weighted by atomic mass is 10.0. The van der Waals surface area contributed by atoms with Crippen LogP contribution in [-0.2, 0) is 19.9 Å². The van der Waals surface area contributed by atoms with Crippen molar-refractivity contribution in [3.05, 3.63) is 41.1 Å². The van der Waals surface area contributed by atoms with Crippen LogP contribution < -0.4 is 5.32 Å². The maximum absolute atomic E-state index is 5.45. The van der Waals surface area contributed by atoms with Gasteiger partial charge in [0.1, 0.15) is 5.76 Å². The van der Waals surface area contributed by atoms with Crippen LogP contribution in [0.5, 0.6) is 0 Å². The van der Waals surface area contributed by atoms with Crippen LogP contribution in [-0.4, -0.2) is 22.4 Å². The number of furan rings is 1. The molecular weight excluding hydrogens is 238 g/mol. The Morgan fingerprint density at radius 3 is 2.68 bits per heavy atom. The summed E-state index contributed by atoms with van der Waals surface area (Å²) in [5, 5.41) is 8.02. The molecule has 0 amide bonds. The second-order valence-corrected chi connectivity index (χ2v) is 5.02. The smallest absolute Gasteiger partial charge is 0.105 e. The van der Waals surface area contributed by atoms with E-state index in [-0.39, 0.29) is 0 Å². The van der Waals surface area contributed by atoms with Gasteiger partial charge in [0.05, 0.1) is 12.0 Å². The van der Waals surface area contributed by atoms with Gasteiger partial charge in [-0.1, -0.05) is 6.92 Å². The average Bonchev–Trinajstić information content (AvgIpc) is 2.94. The van der Waals surface area contributed by atoms with Crippen molar-refractivity contribution in [3.8, 4) is 0 Å². The van der Waals surface area contributed by atoms with Crippen LogP contribution in [0.4, 0.5) is 0 Å². The Kier molecular flexibility index (Phi) is 4.43. The molecule has 0 bridgehead atoms. The van der Waals surface area contributed by atoms with Crippen LogP contribution in [0.1, 0.15) is 29.6 Å². The SMILES string of the molecule is CCNC(Cc1ccco1)Cc1c(C)nn(C)c1C.